The fourth-order valence-electron chi connectivity index (χ4n) is 2.78. The third-order valence-corrected chi connectivity index (χ3v) is 4.09. The number of H-pyrrole nitrogens is 1. The lowest BCUT2D eigenvalue weighted by molar-refractivity contribution is 0.0996. The van der Waals surface area contributed by atoms with Crippen LogP contribution >= 0.6 is 0 Å². The summed E-state index contributed by atoms with van der Waals surface area (Å²) in [5.41, 5.74) is 3.62. The first-order chi connectivity index (χ1) is 12.8. The zero-order valence-corrected chi connectivity index (χ0v) is 13.5. The van der Waals surface area contributed by atoms with E-state index in [2.05, 4.69) is 25.9 Å². The molecule has 0 fully saturated rings. The van der Waals surface area contributed by atoms with Crippen molar-refractivity contribution in [2.24, 2.45) is 0 Å². The van der Waals surface area contributed by atoms with Crippen molar-refractivity contribution in [3.8, 4) is 6.07 Å². The molecule has 4 rings (SSSR count). The molecule has 3 aromatic rings. The van der Waals surface area contributed by atoms with Gasteiger partial charge in [-0.2, -0.15) is 10.5 Å². The second kappa shape index (κ2) is 6.49. The highest BCUT2D eigenvalue weighted by atomic mass is 16.2. The highest BCUT2D eigenvalue weighted by molar-refractivity contribution is 6.10. The number of allylic oxidation sites excluding steroid dienone is 1. The normalized spacial score (nSPS) is 13.4. The Hall–Kier alpha value is -3.99. The molecule has 0 spiro atoms. The Kier molecular flexibility index (Phi) is 3.88. The highest BCUT2D eigenvalue weighted by Gasteiger charge is 2.27. The van der Waals surface area contributed by atoms with E-state index in [0.717, 1.165) is 22.5 Å². The second-order valence-electron chi connectivity index (χ2n) is 5.64. The quantitative estimate of drug-likeness (QED) is 0.704. The Bertz CT molecular complexity index is 1020. The third-order valence-electron chi connectivity index (χ3n) is 4.09. The fourth-order valence-corrected chi connectivity index (χ4v) is 2.78. The number of amides is 1. The van der Waals surface area contributed by atoms with Crippen LogP contribution in [0.4, 0.5) is 11.4 Å². The van der Waals surface area contributed by atoms with Crippen molar-refractivity contribution in [3.63, 3.8) is 0 Å². The number of rotatable bonds is 4. The maximum atomic E-state index is 12.5. The molecule has 1 aliphatic heterocycles. The Morgan fingerprint density at radius 2 is 2.04 bits per heavy atom. The lowest BCUT2D eigenvalue weighted by Crippen LogP contribution is -2.22. The highest BCUT2D eigenvalue weighted by Crippen LogP contribution is 2.28. The minimum Gasteiger partial charge on any atom is -0.360 e. The molecule has 0 aliphatic carbocycles. The molecule has 1 aliphatic rings. The van der Waals surface area contributed by atoms with Crippen molar-refractivity contribution in [1.82, 2.24) is 20.6 Å². The molecule has 26 heavy (non-hydrogen) atoms. The van der Waals surface area contributed by atoms with E-state index in [9.17, 15) is 4.79 Å². The van der Waals surface area contributed by atoms with E-state index in [-0.39, 0.29) is 17.3 Å². The van der Waals surface area contributed by atoms with Gasteiger partial charge in [0.1, 0.15) is 11.6 Å². The van der Waals surface area contributed by atoms with Crippen molar-refractivity contribution < 1.29 is 4.79 Å². The number of carbonyl (C=O) groups is 1. The van der Waals surface area contributed by atoms with E-state index in [1.807, 2.05) is 54.6 Å². The first kappa shape index (κ1) is 15.5. The number of carbonyl (C=O) groups excluding carboxylic acids is 1. The van der Waals surface area contributed by atoms with Gasteiger partial charge >= 0.3 is 0 Å². The summed E-state index contributed by atoms with van der Waals surface area (Å²) >= 11 is 0. The van der Waals surface area contributed by atoms with Gasteiger partial charge in [0.15, 0.2) is 0 Å². The molecule has 0 atom stereocenters. The summed E-state index contributed by atoms with van der Waals surface area (Å²) in [5.74, 6) is 0.224. The van der Waals surface area contributed by atoms with Gasteiger partial charge in [0.05, 0.1) is 6.54 Å². The predicted octanol–water partition coefficient (Wildman–Crippen LogP) is 2.34. The number of hydrogen-bond donors (Lipinski definition) is 2. The number of fused-ring (bicyclic) bond motifs is 1. The van der Waals surface area contributed by atoms with Crippen LogP contribution in [0.3, 0.4) is 0 Å². The molecule has 2 N–H and O–H groups in total. The molecule has 0 unspecified atom stereocenters. The lowest BCUT2D eigenvalue weighted by atomic mass is 10.1. The monoisotopic (exact) mass is 343 g/mol. The largest absolute Gasteiger partial charge is 0.360 e. The van der Waals surface area contributed by atoms with Gasteiger partial charge in [0, 0.05) is 23.1 Å². The van der Waals surface area contributed by atoms with Crippen molar-refractivity contribution in [3.05, 3.63) is 71.7 Å². The fraction of sp³-hybridized carbons (Fsp3) is 0.0556. The molecule has 1 aromatic heterocycles. The molecule has 126 valence electrons. The van der Waals surface area contributed by atoms with Crippen molar-refractivity contribution in [2.75, 3.05) is 10.2 Å². The number of aromatic amines is 1. The Balaban J connectivity index is 1.50. The molecular weight excluding hydrogens is 330 g/mol. The standard InChI is InChI=1S/C18H13N7O/c19-9-13(17-21-23-24-22-17)10-20-14-5-7-15(8-6-14)25-11-12-3-1-2-4-16(12)18(25)26/h1-8,10,20H,11H2,(H,21,22,23,24). The molecule has 2 heterocycles. The molecular formula is C18H13N7O. The van der Waals surface area contributed by atoms with Crippen molar-refractivity contribution in [1.29, 1.82) is 5.26 Å². The smallest absolute Gasteiger partial charge is 0.258 e. The van der Waals surface area contributed by atoms with Gasteiger partial charge in [0.25, 0.3) is 5.91 Å². The SMILES string of the molecule is N#CC(=CNc1ccc(N2Cc3ccccc3C2=O)cc1)c1nn[nH]n1. The van der Waals surface area contributed by atoms with Crippen LogP contribution in [0.2, 0.25) is 0 Å². The Morgan fingerprint density at radius 1 is 1.23 bits per heavy atom. The van der Waals surface area contributed by atoms with Crippen LogP contribution in [-0.4, -0.2) is 26.5 Å². The Morgan fingerprint density at radius 3 is 2.73 bits per heavy atom. The molecule has 1 amide bonds. The van der Waals surface area contributed by atoms with Crippen LogP contribution in [-0.2, 0) is 6.54 Å². The molecule has 8 heteroatoms. The number of aromatic nitrogens is 4. The van der Waals surface area contributed by atoms with Gasteiger partial charge in [0.2, 0.25) is 5.82 Å². The number of benzene rings is 2. The van der Waals surface area contributed by atoms with Crippen LogP contribution in [0.1, 0.15) is 21.7 Å². The molecule has 0 radical (unpaired) electrons. The zero-order chi connectivity index (χ0) is 17.9. The maximum Gasteiger partial charge on any atom is 0.258 e. The van der Waals surface area contributed by atoms with Gasteiger partial charge in [-0.15, -0.1) is 10.2 Å². The van der Waals surface area contributed by atoms with E-state index in [4.69, 9.17) is 5.26 Å². The van der Waals surface area contributed by atoms with Crippen LogP contribution in [0.15, 0.2) is 54.7 Å². The van der Waals surface area contributed by atoms with Gasteiger partial charge < -0.3 is 10.2 Å². The van der Waals surface area contributed by atoms with Gasteiger partial charge in [-0.3, -0.25) is 4.79 Å². The summed E-state index contributed by atoms with van der Waals surface area (Å²) in [6.45, 7) is 0.568. The van der Waals surface area contributed by atoms with E-state index in [1.165, 1.54) is 6.20 Å². The summed E-state index contributed by atoms with van der Waals surface area (Å²) in [5, 5.41) is 25.5. The first-order valence-electron chi connectivity index (χ1n) is 7.87. The van der Waals surface area contributed by atoms with Crippen LogP contribution < -0.4 is 10.2 Å². The summed E-state index contributed by atoms with van der Waals surface area (Å²) < 4.78 is 0. The molecule has 8 nitrogen and oxygen atoms in total. The maximum absolute atomic E-state index is 12.5. The van der Waals surface area contributed by atoms with Crippen molar-refractivity contribution in [2.45, 2.75) is 6.54 Å². The lowest BCUT2D eigenvalue weighted by Gasteiger charge is -2.16. The number of nitrogens with one attached hydrogen (secondary N) is 2. The van der Waals surface area contributed by atoms with E-state index in [1.54, 1.807) is 4.90 Å². The van der Waals surface area contributed by atoms with Crippen LogP contribution in [0.5, 0.6) is 0 Å². The molecule has 0 saturated heterocycles. The van der Waals surface area contributed by atoms with E-state index in [0.29, 0.717) is 6.54 Å². The summed E-state index contributed by atoms with van der Waals surface area (Å²) in [4.78, 5) is 14.2. The van der Waals surface area contributed by atoms with Crippen molar-refractivity contribution >= 4 is 22.9 Å². The van der Waals surface area contributed by atoms with Gasteiger partial charge in [-0.05, 0) is 41.1 Å². The molecule has 0 saturated carbocycles. The van der Waals surface area contributed by atoms with Crippen LogP contribution in [0, 0.1) is 11.3 Å². The topological polar surface area (TPSA) is 111 Å². The number of nitrogens with zero attached hydrogens (tertiary/aromatic N) is 5. The summed E-state index contributed by atoms with van der Waals surface area (Å²) in [6.07, 6.45) is 1.51. The average molecular weight is 343 g/mol. The van der Waals surface area contributed by atoms with Gasteiger partial charge in [-0.25, -0.2) is 0 Å². The average Bonchev–Trinajstić information content (AvgIpc) is 3.32. The van der Waals surface area contributed by atoms with Crippen LogP contribution in [0.25, 0.3) is 5.57 Å². The van der Waals surface area contributed by atoms with Gasteiger partial charge in [-0.1, -0.05) is 18.2 Å². The third kappa shape index (κ3) is 2.78. The Labute approximate surface area is 148 Å². The first-order valence-corrected chi connectivity index (χ1v) is 7.87. The van der Waals surface area contributed by atoms with E-state index < -0.39 is 0 Å². The minimum atomic E-state index is 0.00470. The number of tetrazole rings is 1. The summed E-state index contributed by atoms with van der Waals surface area (Å²) in [6, 6.07) is 17.0. The second-order valence-corrected chi connectivity index (χ2v) is 5.64. The number of nitriles is 1. The molecule has 2 aromatic carbocycles. The predicted molar refractivity (Wildman–Crippen MR) is 94.8 cm³/mol. The molecule has 0 bridgehead atoms. The summed E-state index contributed by atoms with van der Waals surface area (Å²) in [7, 11) is 0. The zero-order valence-electron chi connectivity index (χ0n) is 13.5. The number of anilines is 2. The van der Waals surface area contributed by atoms with E-state index >= 15 is 0 Å². The number of hydrogen-bond acceptors (Lipinski definition) is 6. The minimum absolute atomic E-state index is 0.00470.